The molecule has 2 saturated heterocycles. The molecule has 0 saturated carbocycles. The van der Waals surface area contributed by atoms with Gasteiger partial charge in [-0.15, -0.1) is 0 Å². The zero-order chi connectivity index (χ0) is 17.8. The number of benzene rings is 1. The van der Waals surface area contributed by atoms with Crippen LogP contribution in [0.25, 0.3) is 0 Å². The zero-order valence-electron chi connectivity index (χ0n) is 14.1. The quantitative estimate of drug-likeness (QED) is 0.826. The molecule has 2 aliphatic rings. The van der Waals surface area contributed by atoms with Crippen LogP contribution in [0.4, 0.5) is 4.79 Å². The summed E-state index contributed by atoms with van der Waals surface area (Å²) in [6.45, 7) is 0.926. The molecular formula is C18H22N2O5. The Labute approximate surface area is 146 Å². The molecule has 1 N–H and O–H groups in total. The summed E-state index contributed by atoms with van der Waals surface area (Å²) in [5.74, 6) is -0.607. The van der Waals surface area contributed by atoms with Crippen molar-refractivity contribution in [3.05, 3.63) is 35.9 Å². The number of methoxy groups -OCH3 is 1. The lowest BCUT2D eigenvalue weighted by molar-refractivity contribution is -0.150. The Hall–Kier alpha value is -2.57. The number of ether oxygens (including phenoxy) is 2. The lowest BCUT2D eigenvalue weighted by Gasteiger charge is -2.32. The van der Waals surface area contributed by atoms with E-state index in [1.165, 1.54) is 7.11 Å². The highest BCUT2D eigenvalue weighted by Crippen LogP contribution is 2.22. The molecule has 7 heteroatoms. The second-order valence-corrected chi connectivity index (χ2v) is 6.39. The average molecular weight is 346 g/mol. The van der Waals surface area contributed by atoms with Crippen LogP contribution in [0.5, 0.6) is 0 Å². The van der Waals surface area contributed by atoms with Crippen molar-refractivity contribution < 1.29 is 23.9 Å². The predicted molar refractivity (Wildman–Crippen MR) is 88.7 cm³/mol. The van der Waals surface area contributed by atoms with Crippen molar-refractivity contribution in [2.75, 3.05) is 20.2 Å². The molecule has 2 atom stereocenters. The number of hydrogen-bond acceptors (Lipinski definition) is 5. The topological polar surface area (TPSA) is 84.9 Å². The highest BCUT2D eigenvalue weighted by atomic mass is 16.6. The Morgan fingerprint density at radius 1 is 1.24 bits per heavy atom. The van der Waals surface area contributed by atoms with Gasteiger partial charge in [-0.3, -0.25) is 9.59 Å². The molecule has 0 aliphatic carbocycles. The van der Waals surface area contributed by atoms with Gasteiger partial charge >= 0.3 is 12.1 Å². The third-order valence-electron chi connectivity index (χ3n) is 4.79. The molecule has 2 heterocycles. The smallest absolute Gasteiger partial charge is 0.408 e. The number of carbonyl (C=O) groups excluding carboxylic acids is 3. The van der Waals surface area contributed by atoms with E-state index >= 15 is 0 Å². The van der Waals surface area contributed by atoms with E-state index in [0.717, 1.165) is 5.56 Å². The molecule has 25 heavy (non-hydrogen) atoms. The third-order valence-corrected chi connectivity index (χ3v) is 4.79. The van der Waals surface area contributed by atoms with E-state index in [9.17, 15) is 14.4 Å². The fourth-order valence-corrected chi connectivity index (χ4v) is 3.39. The summed E-state index contributed by atoms with van der Waals surface area (Å²) >= 11 is 0. The van der Waals surface area contributed by atoms with Crippen molar-refractivity contribution >= 4 is 18.0 Å². The van der Waals surface area contributed by atoms with E-state index < -0.39 is 12.2 Å². The lowest BCUT2D eigenvalue weighted by Crippen LogP contribution is -2.49. The molecule has 2 fully saturated rings. The molecule has 0 radical (unpaired) electrons. The van der Waals surface area contributed by atoms with E-state index in [2.05, 4.69) is 5.32 Å². The first-order valence-electron chi connectivity index (χ1n) is 8.46. The molecule has 1 aromatic rings. The summed E-state index contributed by atoms with van der Waals surface area (Å²) in [5.41, 5.74) is 1.03. The van der Waals surface area contributed by atoms with Gasteiger partial charge in [-0.2, -0.15) is 0 Å². The van der Waals surface area contributed by atoms with E-state index in [-0.39, 0.29) is 23.8 Å². The van der Waals surface area contributed by atoms with Crippen LogP contribution in [0.3, 0.4) is 0 Å². The first kappa shape index (κ1) is 17.3. The fourth-order valence-electron chi connectivity index (χ4n) is 3.39. The highest BCUT2D eigenvalue weighted by Gasteiger charge is 2.42. The van der Waals surface area contributed by atoms with E-state index in [0.29, 0.717) is 32.4 Å². The summed E-state index contributed by atoms with van der Waals surface area (Å²) < 4.78 is 9.98. The van der Waals surface area contributed by atoms with Gasteiger partial charge in [0.2, 0.25) is 6.10 Å². The van der Waals surface area contributed by atoms with Crippen molar-refractivity contribution in [2.24, 2.45) is 5.92 Å². The van der Waals surface area contributed by atoms with Crippen molar-refractivity contribution in [2.45, 2.75) is 31.4 Å². The van der Waals surface area contributed by atoms with Gasteiger partial charge in [0.1, 0.15) is 0 Å². The van der Waals surface area contributed by atoms with Crippen molar-refractivity contribution in [1.29, 1.82) is 0 Å². The van der Waals surface area contributed by atoms with Gasteiger partial charge in [0.25, 0.3) is 5.91 Å². The summed E-state index contributed by atoms with van der Waals surface area (Å²) in [6.07, 6.45) is 0.263. The fraction of sp³-hybridized carbons (Fsp3) is 0.500. The molecule has 0 aromatic heterocycles. The van der Waals surface area contributed by atoms with Gasteiger partial charge in [-0.1, -0.05) is 30.3 Å². The minimum Gasteiger partial charge on any atom is -0.469 e. The number of amides is 2. The van der Waals surface area contributed by atoms with Gasteiger partial charge in [-0.25, -0.2) is 4.79 Å². The number of cyclic esters (lactones) is 1. The van der Waals surface area contributed by atoms with Crippen LogP contribution >= 0.6 is 0 Å². The number of carbonyl (C=O) groups is 3. The predicted octanol–water partition coefficient (Wildman–Crippen LogP) is 1.12. The van der Waals surface area contributed by atoms with Gasteiger partial charge < -0.3 is 19.7 Å². The molecule has 0 bridgehead atoms. The van der Waals surface area contributed by atoms with E-state index in [1.807, 2.05) is 30.3 Å². The molecule has 0 spiro atoms. The van der Waals surface area contributed by atoms with Crippen LogP contribution in [0.2, 0.25) is 0 Å². The second kappa shape index (κ2) is 7.55. The minimum atomic E-state index is -0.831. The maximum atomic E-state index is 12.8. The minimum absolute atomic E-state index is 0.168. The third kappa shape index (κ3) is 3.92. The Morgan fingerprint density at radius 2 is 1.92 bits per heavy atom. The SMILES string of the molecule is COC(=O)C1CCN(C(=O)[C@@H]2OC(=O)N[C@H]2Cc2ccccc2)CC1. The number of nitrogens with one attached hydrogen (secondary N) is 1. The van der Waals surface area contributed by atoms with Gasteiger partial charge in [0.05, 0.1) is 19.1 Å². The monoisotopic (exact) mass is 346 g/mol. The number of piperidine rings is 1. The standard InChI is InChI=1S/C18H22N2O5/c1-24-17(22)13-7-9-20(10-8-13)16(21)15-14(19-18(23)25-15)11-12-5-3-2-4-6-12/h2-6,13-15H,7-11H2,1H3,(H,19,23)/t14-,15+/m0/s1. The molecule has 0 unspecified atom stereocenters. The zero-order valence-corrected chi connectivity index (χ0v) is 14.1. The lowest BCUT2D eigenvalue weighted by atomic mass is 9.95. The second-order valence-electron chi connectivity index (χ2n) is 6.39. The molecule has 3 rings (SSSR count). The van der Waals surface area contributed by atoms with Crippen LogP contribution in [-0.2, 0) is 25.5 Å². The molecule has 2 amide bonds. The van der Waals surface area contributed by atoms with Gasteiger partial charge in [-0.05, 0) is 24.8 Å². The molecule has 7 nitrogen and oxygen atoms in total. The summed E-state index contributed by atoms with van der Waals surface area (Å²) in [4.78, 5) is 37.7. The van der Waals surface area contributed by atoms with Crippen molar-refractivity contribution in [3.63, 3.8) is 0 Å². The van der Waals surface area contributed by atoms with Crippen LogP contribution < -0.4 is 5.32 Å². The maximum Gasteiger partial charge on any atom is 0.408 e. The number of hydrogen-bond donors (Lipinski definition) is 1. The summed E-state index contributed by atoms with van der Waals surface area (Å²) in [5, 5.41) is 2.73. The van der Waals surface area contributed by atoms with Crippen molar-refractivity contribution in [1.82, 2.24) is 10.2 Å². The number of nitrogens with zero attached hydrogens (tertiary/aromatic N) is 1. The highest BCUT2D eigenvalue weighted by molar-refractivity contribution is 5.87. The Kier molecular flexibility index (Phi) is 5.21. The summed E-state index contributed by atoms with van der Waals surface area (Å²) in [6, 6.07) is 9.27. The Balaban J connectivity index is 1.62. The Bertz CT molecular complexity index is 640. The van der Waals surface area contributed by atoms with Crippen LogP contribution in [0.1, 0.15) is 18.4 Å². The van der Waals surface area contributed by atoms with Crippen LogP contribution in [-0.4, -0.2) is 55.2 Å². The number of likely N-dealkylation sites (tertiary alicyclic amines) is 1. The maximum absolute atomic E-state index is 12.8. The van der Waals surface area contributed by atoms with E-state index in [1.54, 1.807) is 4.90 Å². The van der Waals surface area contributed by atoms with E-state index in [4.69, 9.17) is 9.47 Å². The molecule has 134 valence electrons. The molecule has 1 aromatic carbocycles. The number of alkyl carbamates (subject to hydrolysis) is 1. The van der Waals surface area contributed by atoms with Crippen LogP contribution in [0, 0.1) is 5.92 Å². The molecule has 2 aliphatic heterocycles. The largest absolute Gasteiger partial charge is 0.469 e. The number of esters is 1. The van der Waals surface area contributed by atoms with Crippen LogP contribution in [0.15, 0.2) is 30.3 Å². The normalized spacial score (nSPS) is 23.7. The van der Waals surface area contributed by atoms with Gasteiger partial charge in [0.15, 0.2) is 0 Å². The number of rotatable bonds is 4. The van der Waals surface area contributed by atoms with Gasteiger partial charge in [0, 0.05) is 13.1 Å². The Morgan fingerprint density at radius 3 is 2.56 bits per heavy atom. The summed E-state index contributed by atoms with van der Waals surface area (Å²) in [7, 11) is 1.37. The first-order valence-corrected chi connectivity index (χ1v) is 8.46. The molecular weight excluding hydrogens is 324 g/mol. The average Bonchev–Trinajstić information content (AvgIpc) is 3.01. The first-order chi connectivity index (χ1) is 12.1. The van der Waals surface area contributed by atoms with Crippen molar-refractivity contribution in [3.8, 4) is 0 Å².